The van der Waals surface area contributed by atoms with Gasteiger partial charge in [-0.2, -0.15) is 0 Å². The summed E-state index contributed by atoms with van der Waals surface area (Å²) in [5.74, 6) is 0. The largest absolute Gasteiger partial charge is 0.311 e. The molecule has 2 nitrogen and oxygen atoms in total. The predicted octanol–water partition coefficient (Wildman–Crippen LogP) is 16.0. The molecule has 1 aliphatic rings. The molecular weight excluding hydrogens is 701 g/mol. The number of para-hydroxylation sites is 3. The molecule has 0 spiro atoms. The first-order valence-corrected chi connectivity index (χ1v) is 20.6. The Hall–Kier alpha value is -6.64. The highest BCUT2D eigenvalue weighted by molar-refractivity contribution is 5.90. The Balaban J connectivity index is 1.10. The van der Waals surface area contributed by atoms with Crippen LogP contribution in [0, 0.1) is 0 Å². The maximum atomic E-state index is 2.47. The van der Waals surface area contributed by atoms with Gasteiger partial charge < -0.3 is 9.80 Å². The number of rotatable bonds is 9. The lowest BCUT2D eigenvalue weighted by Crippen LogP contribution is -2.33. The van der Waals surface area contributed by atoms with Gasteiger partial charge in [-0.05, 0) is 129 Å². The number of hydrogen-bond donors (Lipinski definition) is 0. The third kappa shape index (κ3) is 7.23. The van der Waals surface area contributed by atoms with Gasteiger partial charge in [0.25, 0.3) is 0 Å². The second kappa shape index (κ2) is 15.4. The Bertz CT molecular complexity index is 2600. The van der Waals surface area contributed by atoms with Crippen molar-refractivity contribution in [3.8, 4) is 33.4 Å². The molecule has 0 atom stereocenters. The summed E-state index contributed by atoms with van der Waals surface area (Å²) in [5.41, 5.74) is 17.2. The lowest BCUT2D eigenvalue weighted by Gasteiger charge is -2.42. The molecule has 0 heterocycles. The molecule has 0 saturated carbocycles. The van der Waals surface area contributed by atoms with Gasteiger partial charge >= 0.3 is 0 Å². The highest BCUT2D eigenvalue weighted by Gasteiger charge is 2.37. The molecule has 0 N–H and O–H groups in total. The fourth-order valence-corrected chi connectivity index (χ4v) is 8.76. The minimum absolute atomic E-state index is 0.143. The Morgan fingerprint density at radius 3 is 1.34 bits per heavy atom. The van der Waals surface area contributed by atoms with Crippen molar-refractivity contribution in [2.24, 2.45) is 0 Å². The summed E-state index contributed by atoms with van der Waals surface area (Å²) in [4.78, 5) is 4.72. The summed E-state index contributed by atoms with van der Waals surface area (Å²) in [5, 5.41) is 0. The van der Waals surface area contributed by atoms with Gasteiger partial charge in [-0.15, -0.1) is 0 Å². The number of fused-ring (bicyclic) bond motifs is 1. The zero-order chi connectivity index (χ0) is 39.7. The van der Waals surface area contributed by atoms with Crippen LogP contribution >= 0.6 is 0 Å². The van der Waals surface area contributed by atoms with Crippen molar-refractivity contribution in [3.05, 3.63) is 217 Å². The molecule has 0 bridgehead atoms. The zero-order valence-corrected chi connectivity index (χ0v) is 33.9. The molecular formula is C56H50N2. The summed E-state index contributed by atoms with van der Waals surface area (Å²) in [6, 6.07) is 74.9. The van der Waals surface area contributed by atoms with Crippen LogP contribution in [0.5, 0.6) is 0 Å². The van der Waals surface area contributed by atoms with Crippen LogP contribution < -0.4 is 9.80 Å². The summed E-state index contributed by atoms with van der Waals surface area (Å²) >= 11 is 0. The molecule has 1 aliphatic carbocycles. The van der Waals surface area contributed by atoms with E-state index in [1.54, 1.807) is 0 Å². The maximum absolute atomic E-state index is 2.47. The van der Waals surface area contributed by atoms with Crippen molar-refractivity contribution >= 4 is 34.1 Å². The predicted molar refractivity (Wildman–Crippen MR) is 247 cm³/mol. The Labute approximate surface area is 344 Å². The van der Waals surface area contributed by atoms with Gasteiger partial charge in [-0.1, -0.05) is 167 Å². The zero-order valence-electron chi connectivity index (χ0n) is 33.9. The maximum Gasteiger partial charge on any atom is 0.0540 e. The van der Waals surface area contributed by atoms with E-state index in [-0.39, 0.29) is 10.8 Å². The van der Waals surface area contributed by atoms with E-state index in [1.807, 2.05) is 0 Å². The summed E-state index contributed by atoms with van der Waals surface area (Å²) < 4.78 is 0. The smallest absolute Gasteiger partial charge is 0.0540 e. The van der Waals surface area contributed by atoms with Crippen LogP contribution in [0.4, 0.5) is 34.1 Å². The minimum atomic E-state index is 0.143. The monoisotopic (exact) mass is 750 g/mol. The lowest BCUT2D eigenvalue weighted by atomic mass is 9.63. The Morgan fingerprint density at radius 1 is 0.310 bits per heavy atom. The highest BCUT2D eigenvalue weighted by Crippen LogP contribution is 2.48. The van der Waals surface area contributed by atoms with E-state index in [9.17, 15) is 0 Å². The summed E-state index contributed by atoms with van der Waals surface area (Å²) in [7, 11) is 0. The van der Waals surface area contributed by atoms with Gasteiger partial charge in [0.1, 0.15) is 0 Å². The standard InChI is InChI=1S/C56H50N2/c1-55(2)37-38-56(3,4)53-40-45(31-36-52(53)55)44-19-16-24-50(39-44)58(54-26-15-14-25-51(54)43-17-8-5-9-18-43)49-34-29-42(30-35-49)41-27-32-48(33-28-41)57(46-20-10-6-11-21-46)47-22-12-7-13-23-47/h5-36,39-40H,37-38H2,1-4H3. The fourth-order valence-electron chi connectivity index (χ4n) is 8.76. The van der Waals surface area contributed by atoms with Crippen molar-refractivity contribution in [1.29, 1.82) is 0 Å². The molecule has 0 aromatic heterocycles. The Kier molecular flexibility index (Phi) is 9.79. The van der Waals surface area contributed by atoms with E-state index < -0.39 is 0 Å². The Morgan fingerprint density at radius 2 is 0.741 bits per heavy atom. The average Bonchev–Trinajstić information content (AvgIpc) is 3.27. The van der Waals surface area contributed by atoms with Gasteiger partial charge in [-0.25, -0.2) is 0 Å². The van der Waals surface area contributed by atoms with Crippen molar-refractivity contribution in [2.75, 3.05) is 9.80 Å². The van der Waals surface area contributed by atoms with E-state index in [0.717, 1.165) is 34.1 Å². The first-order valence-electron chi connectivity index (χ1n) is 20.6. The van der Waals surface area contributed by atoms with E-state index in [0.29, 0.717) is 0 Å². The van der Waals surface area contributed by atoms with Gasteiger partial charge in [0, 0.05) is 34.0 Å². The van der Waals surface area contributed by atoms with E-state index in [2.05, 4.69) is 244 Å². The van der Waals surface area contributed by atoms with Crippen LogP contribution in [0.1, 0.15) is 51.7 Å². The van der Waals surface area contributed by atoms with Gasteiger partial charge in [0.05, 0.1) is 5.69 Å². The number of hydrogen-bond acceptors (Lipinski definition) is 2. The molecule has 0 radical (unpaired) electrons. The summed E-state index contributed by atoms with van der Waals surface area (Å²) in [6.45, 7) is 9.61. The van der Waals surface area contributed by atoms with Crippen molar-refractivity contribution in [1.82, 2.24) is 0 Å². The van der Waals surface area contributed by atoms with E-state index in [4.69, 9.17) is 0 Å². The number of nitrogens with zero attached hydrogens (tertiary/aromatic N) is 2. The second-order valence-corrected chi connectivity index (χ2v) is 16.9. The topological polar surface area (TPSA) is 6.48 Å². The molecule has 0 amide bonds. The van der Waals surface area contributed by atoms with Crippen molar-refractivity contribution < 1.29 is 0 Å². The molecule has 8 aromatic carbocycles. The third-order valence-electron chi connectivity index (χ3n) is 12.1. The molecule has 0 saturated heterocycles. The van der Waals surface area contributed by atoms with E-state index >= 15 is 0 Å². The molecule has 9 rings (SSSR count). The molecule has 8 aromatic rings. The van der Waals surface area contributed by atoms with Gasteiger partial charge in [0.2, 0.25) is 0 Å². The minimum Gasteiger partial charge on any atom is -0.311 e. The second-order valence-electron chi connectivity index (χ2n) is 16.9. The molecule has 2 heteroatoms. The summed E-state index contributed by atoms with van der Waals surface area (Å²) in [6.07, 6.45) is 2.41. The van der Waals surface area contributed by atoms with Crippen molar-refractivity contribution in [2.45, 2.75) is 51.4 Å². The van der Waals surface area contributed by atoms with Crippen LogP contribution in [0.15, 0.2) is 206 Å². The fraction of sp³-hybridized carbons (Fsp3) is 0.143. The molecule has 0 aliphatic heterocycles. The average molecular weight is 751 g/mol. The van der Waals surface area contributed by atoms with Crippen LogP contribution in [0.2, 0.25) is 0 Å². The van der Waals surface area contributed by atoms with Crippen LogP contribution in [-0.2, 0) is 10.8 Å². The number of benzene rings is 8. The molecule has 0 unspecified atom stereocenters. The normalized spacial score (nSPS) is 14.0. The SMILES string of the molecule is CC1(C)CCC(C)(C)c2cc(-c3cccc(N(c4ccc(-c5ccc(N(c6ccccc6)c6ccccc6)cc5)cc4)c4ccccc4-c4ccccc4)c3)ccc21. The van der Waals surface area contributed by atoms with E-state index in [1.165, 1.54) is 57.3 Å². The van der Waals surface area contributed by atoms with Gasteiger partial charge in [-0.3, -0.25) is 0 Å². The third-order valence-corrected chi connectivity index (χ3v) is 12.1. The lowest BCUT2D eigenvalue weighted by molar-refractivity contribution is 0.332. The number of anilines is 6. The van der Waals surface area contributed by atoms with Crippen molar-refractivity contribution in [3.63, 3.8) is 0 Å². The first kappa shape index (κ1) is 37.0. The quantitative estimate of drug-likeness (QED) is 0.145. The van der Waals surface area contributed by atoms with Crippen LogP contribution in [0.3, 0.4) is 0 Å². The molecule has 284 valence electrons. The molecule has 0 fully saturated rings. The van der Waals surface area contributed by atoms with Crippen LogP contribution in [-0.4, -0.2) is 0 Å². The molecule has 58 heavy (non-hydrogen) atoms. The first-order chi connectivity index (χ1) is 28.2. The highest BCUT2D eigenvalue weighted by atomic mass is 15.1. The van der Waals surface area contributed by atoms with Crippen LogP contribution in [0.25, 0.3) is 33.4 Å². The van der Waals surface area contributed by atoms with Gasteiger partial charge in [0.15, 0.2) is 0 Å².